The molecule has 2 aromatic rings. The Morgan fingerprint density at radius 3 is 2.65 bits per heavy atom. The van der Waals surface area contributed by atoms with E-state index in [2.05, 4.69) is 10.4 Å². The van der Waals surface area contributed by atoms with E-state index in [4.69, 9.17) is 4.74 Å². The number of benzene rings is 1. The third kappa shape index (κ3) is 5.14. The van der Waals surface area contributed by atoms with Gasteiger partial charge in [-0.1, -0.05) is 30.3 Å². The van der Waals surface area contributed by atoms with Crippen LogP contribution in [-0.2, 0) is 29.6 Å². The van der Waals surface area contributed by atoms with Gasteiger partial charge >= 0.3 is 12.1 Å². The standard InChI is InChI=1S/C16H19N3O4/c1-19-13(9-10-17-19)7-8-14(15(20)21)18-16(22)23-11-12-5-3-2-4-6-12/h2-6,9-10,14H,7-8,11H2,1H3,(H,18,22)(H,20,21). The molecule has 0 aliphatic rings. The van der Waals surface area contributed by atoms with Crippen LogP contribution in [0, 0.1) is 0 Å². The Kier molecular flexibility index (Phi) is 5.74. The highest BCUT2D eigenvalue weighted by molar-refractivity contribution is 5.79. The summed E-state index contributed by atoms with van der Waals surface area (Å²) in [5.74, 6) is -1.09. The predicted molar refractivity (Wildman–Crippen MR) is 82.7 cm³/mol. The number of carboxylic acid groups (broad SMARTS) is 1. The highest BCUT2D eigenvalue weighted by Gasteiger charge is 2.21. The van der Waals surface area contributed by atoms with Gasteiger partial charge < -0.3 is 15.2 Å². The van der Waals surface area contributed by atoms with E-state index in [-0.39, 0.29) is 13.0 Å². The molecule has 1 aromatic heterocycles. The average Bonchev–Trinajstić information content (AvgIpc) is 2.95. The van der Waals surface area contributed by atoms with Crippen LogP contribution >= 0.6 is 0 Å². The molecular weight excluding hydrogens is 298 g/mol. The Morgan fingerprint density at radius 2 is 2.04 bits per heavy atom. The highest BCUT2D eigenvalue weighted by atomic mass is 16.5. The number of carbonyl (C=O) groups is 2. The van der Waals surface area contributed by atoms with Gasteiger partial charge in [0.25, 0.3) is 0 Å². The van der Waals surface area contributed by atoms with Crippen LogP contribution in [0.4, 0.5) is 4.79 Å². The molecule has 2 N–H and O–H groups in total. The second-order valence-electron chi connectivity index (χ2n) is 5.08. The Morgan fingerprint density at radius 1 is 1.30 bits per heavy atom. The maximum Gasteiger partial charge on any atom is 0.408 e. The normalized spacial score (nSPS) is 11.7. The fourth-order valence-corrected chi connectivity index (χ4v) is 2.10. The Balaban J connectivity index is 1.82. The summed E-state index contributed by atoms with van der Waals surface area (Å²) in [4.78, 5) is 23.0. The van der Waals surface area contributed by atoms with E-state index in [1.54, 1.807) is 17.9 Å². The first-order valence-corrected chi connectivity index (χ1v) is 7.23. The van der Waals surface area contributed by atoms with Crippen molar-refractivity contribution < 1.29 is 19.4 Å². The van der Waals surface area contributed by atoms with Crippen LogP contribution in [0.25, 0.3) is 0 Å². The first-order valence-electron chi connectivity index (χ1n) is 7.23. The lowest BCUT2D eigenvalue weighted by Gasteiger charge is -2.14. The summed E-state index contributed by atoms with van der Waals surface area (Å²) in [6.07, 6.45) is 1.65. The van der Waals surface area contributed by atoms with E-state index in [9.17, 15) is 14.7 Å². The Hall–Kier alpha value is -2.83. The van der Waals surface area contributed by atoms with E-state index in [1.807, 2.05) is 36.4 Å². The van der Waals surface area contributed by atoms with E-state index in [0.717, 1.165) is 11.3 Å². The minimum absolute atomic E-state index is 0.0980. The second-order valence-corrected chi connectivity index (χ2v) is 5.08. The van der Waals surface area contributed by atoms with Crippen LogP contribution in [0.15, 0.2) is 42.6 Å². The van der Waals surface area contributed by atoms with Crippen molar-refractivity contribution in [3.05, 3.63) is 53.9 Å². The van der Waals surface area contributed by atoms with Crippen molar-refractivity contribution in [2.24, 2.45) is 7.05 Å². The molecule has 122 valence electrons. The van der Waals surface area contributed by atoms with E-state index >= 15 is 0 Å². The van der Waals surface area contributed by atoms with Crippen LogP contribution in [0.5, 0.6) is 0 Å². The smallest absolute Gasteiger partial charge is 0.408 e. The SMILES string of the molecule is Cn1nccc1CCC(NC(=O)OCc1ccccc1)C(=O)O. The molecule has 0 radical (unpaired) electrons. The van der Waals surface area contributed by atoms with Crippen molar-refractivity contribution in [2.75, 3.05) is 0 Å². The molecule has 0 spiro atoms. The number of alkyl carbamates (subject to hydrolysis) is 1. The van der Waals surface area contributed by atoms with Crippen LogP contribution in [0.1, 0.15) is 17.7 Å². The predicted octanol–water partition coefficient (Wildman–Crippen LogP) is 1.73. The zero-order chi connectivity index (χ0) is 16.7. The van der Waals surface area contributed by atoms with Gasteiger partial charge in [-0.15, -0.1) is 0 Å². The third-order valence-corrected chi connectivity index (χ3v) is 3.41. The topological polar surface area (TPSA) is 93.5 Å². The van der Waals surface area contributed by atoms with E-state index < -0.39 is 18.1 Å². The van der Waals surface area contributed by atoms with Crippen LogP contribution in [-0.4, -0.2) is 33.0 Å². The summed E-state index contributed by atoms with van der Waals surface area (Å²) in [5.41, 5.74) is 1.74. The lowest BCUT2D eigenvalue weighted by Crippen LogP contribution is -2.41. The van der Waals surface area contributed by atoms with Gasteiger partial charge in [-0.3, -0.25) is 4.68 Å². The molecule has 0 saturated heterocycles. The van der Waals surface area contributed by atoms with Gasteiger partial charge in [0.1, 0.15) is 12.6 Å². The van der Waals surface area contributed by atoms with Gasteiger partial charge in [0.05, 0.1) is 0 Å². The molecule has 0 aliphatic carbocycles. The summed E-state index contributed by atoms with van der Waals surface area (Å²) in [7, 11) is 1.78. The van der Waals surface area contributed by atoms with Gasteiger partial charge in [-0.05, 0) is 24.5 Å². The van der Waals surface area contributed by atoms with Gasteiger partial charge in [-0.2, -0.15) is 5.10 Å². The molecule has 7 nitrogen and oxygen atoms in total. The molecule has 23 heavy (non-hydrogen) atoms. The molecule has 1 unspecified atom stereocenters. The number of hydrogen-bond acceptors (Lipinski definition) is 4. The van der Waals surface area contributed by atoms with Crippen molar-refractivity contribution in [1.82, 2.24) is 15.1 Å². The molecule has 0 bridgehead atoms. The summed E-state index contributed by atoms with van der Waals surface area (Å²) < 4.78 is 6.71. The van der Waals surface area contributed by atoms with Crippen molar-refractivity contribution in [3.8, 4) is 0 Å². The Labute approximate surface area is 133 Å². The van der Waals surface area contributed by atoms with Crippen LogP contribution < -0.4 is 5.32 Å². The summed E-state index contributed by atoms with van der Waals surface area (Å²) in [5, 5.41) is 15.6. The molecule has 1 amide bonds. The summed E-state index contributed by atoms with van der Waals surface area (Å²) >= 11 is 0. The number of ether oxygens (including phenoxy) is 1. The van der Waals surface area contributed by atoms with Crippen LogP contribution in [0.3, 0.4) is 0 Å². The molecule has 1 heterocycles. The van der Waals surface area contributed by atoms with Crippen molar-refractivity contribution >= 4 is 12.1 Å². The van der Waals surface area contributed by atoms with Gasteiger partial charge in [0, 0.05) is 18.9 Å². The average molecular weight is 317 g/mol. The van der Waals surface area contributed by atoms with E-state index in [1.165, 1.54) is 0 Å². The van der Waals surface area contributed by atoms with Crippen molar-refractivity contribution in [1.29, 1.82) is 0 Å². The molecule has 0 fully saturated rings. The van der Waals surface area contributed by atoms with Gasteiger partial charge in [0.2, 0.25) is 0 Å². The Bertz CT molecular complexity index is 654. The lowest BCUT2D eigenvalue weighted by atomic mass is 10.1. The number of aromatic nitrogens is 2. The molecular formula is C16H19N3O4. The van der Waals surface area contributed by atoms with Crippen LogP contribution in [0.2, 0.25) is 0 Å². The second kappa shape index (κ2) is 7.98. The number of amides is 1. The van der Waals surface area contributed by atoms with E-state index in [0.29, 0.717) is 6.42 Å². The zero-order valence-electron chi connectivity index (χ0n) is 12.8. The zero-order valence-corrected chi connectivity index (χ0v) is 12.8. The van der Waals surface area contributed by atoms with Gasteiger partial charge in [-0.25, -0.2) is 9.59 Å². The fraction of sp³-hybridized carbons (Fsp3) is 0.312. The molecule has 7 heteroatoms. The first kappa shape index (κ1) is 16.5. The fourth-order valence-electron chi connectivity index (χ4n) is 2.10. The van der Waals surface area contributed by atoms with Crippen molar-refractivity contribution in [2.45, 2.75) is 25.5 Å². The minimum atomic E-state index is -1.09. The number of hydrogen-bond donors (Lipinski definition) is 2. The molecule has 1 atom stereocenters. The quantitative estimate of drug-likeness (QED) is 0.811. The number of nitrogens with one attached hydrogen (secondary N) is 1. The first-order chi connectivity index (χ1) is 11.1. The summed E-state index contributed by atoms with van der Waals surface area (Å²) in [6, 6.07) is 9.99. The van der Waals surface area contributed by atoms with Gasteiger partial charge in [0.15, 0.2) is 0 Å². The number of aryl methyl sites for hydroxylation is 2. The number of rotatable bonds is 7. The number of carboxylic acids is 1. The minimum Gasteiger partial charge on any atom is -0.480 e. The number of nitrogens with zero attached hydrogens (tertiary/aromatic N) is 2. The van der Waals surface area contributed by atoms with Crippen molar-refractivity contribution in [3.63, 3.8) is 0 Å². The number of carbonyl (C=O) groups excluding carboxylic acids is 1. The molecule has 1 aromatic carbocycles. The lowest BCUT2D eigenvalue weighted by molar-refractivity contribution is -0.139. The molecule has 0 aliphatic heterocycles. The largest absolute Gasteiger partial charge is 0.480 e. The maximum absolute atomic E-state index is 11.7. The third-order valence-electron chi connectivity index (χ3n) is 3.41. The molecule has 0 saturated carbocycles. The number of aliphatic carboxylic acids is 1. The molecule has 2 rings (SSSR count). The maximum atomic E-state index is 11.7. The summed E-state index contributed by atoms with van der Waals surface area (Å²) in [6.45, 7) is 0.0980. The monoisotopic (exact) mass is 317 g/mol. The highest BCUT2D eigenvalue weighted by Crippen LogP contribution is 2.05.